The highest BCUT2D eigenvalue weighted by atomic mass is 32.2. The quantitative estimate of drug-likeness (QED) is 0.204. The molecular weight excluding hydrogens is 340 g/mol. The summed E-state index contributed by atoms with van der Waals surface area (Å²) in [5.74, 6) is -1.96. The minimum Gasteiger partial charge on any atom is -0.465 e. The van der Waals surface area contributed by atoms with E-state index in [2.05, 4.69) is 6.58 Å². The van der Waals surface area contributed by atoms with E-state index < -0.39 is 27.8 Å². The largest absolute Gasteiger partial charge is 0.465 e. The molecule has 1 rings (SSSR count). The van der Waals surface area contributed by atoms with Gasteiger partial charge in [-0.05, 0) is 19.3 Å². The second kappa shape index (κ2) is 10.4. The summed E-state index contributed by atoms with van der Waals surface area (Å²) in [6.07, 6.45) is 5.03. The maximum atomic E-state index is 11.7. The summed E-state index contributed by atoms with van der Waals surface area (Å²) in [6.45, 7) is 3.11. The molecule has 1 saturated carbocycles. The molecule has 0 amide bonds. The van der Waals surface area contributed by atoms with Gasteiger partial charge in [-0.3, -0.25) is 9.35 Å². The minimum absolute atomic E-state index is 0.0310. The zero-order valence-corrected chi connectivity index (χ0v) is 14.4. The van der Waals surface area contributed by atoms with Gasteiger partial charge in [0.05, 0.1) is 24.9 Å². The molecule has 9 heteroatoms. The molecule has 0 bridgehead atoms. The third kappa shape index (κ3) is 9.64. The highest BCUT2D eigenvalue weighted by molar-refractivity contribution is 7.85. The Hall–Kier alpha value is -1.45. The molecule has 0 saturated heterocycles. The Balaban J connectivity index is 2.13. The standard InChI is InChI=1S/C15H24O8S/c1-12(10-14(16)21-8-5-9-24(18,19)20)15(17)23-11-22-13-6-3-2-4-7-13/h13H,1-11H2,(H,18,19,20). The molecule has 0 aliphatic heterocycles. The average Bonchev–Trinajstić information content (AvgIpc) is 2.51. The highest BCUT2D eigenvalue weighted by Gasteiger charge is 2.17. The van der Waals surface area contributed by atoms with Crippen molar-refractivity contribution in [1.29, 1.82) is 0 Å². The van der Waals surface area contributed by atoms with E-state index >= 15 is 0 Å². The normalized spacial score (nSPS) is 15.7. The van der Waals surface area contributed by atoms with Crippen molar-refractivity contribution < 1.29 is 36.8 Å². The van der Waals surface area contributed by atoms with Gasteiger partial charge < -0.3 is 14.2 Å². The summed E-state index contributed by atoms with van der Waals surface area (Å²) in [6, 6.07) is 0. The highest BCUT2D eigenvalue weighted by Crippen LogP contribution is 2.20. The van der Waals surface area contributed by atoms with Crippen molar-refractivity contribution in [3.05, 3.63) is 12.2 Å². The SMILES string of the molecule is C=C(CC(=O)OCCCS(=O)(=O)O)C(=O)OCOC1CCCCC1. The molecule has 0 spiro atoms. The monoisotopic (exact) mass is 364 g/mol. The van der Waals surface area contributed by atoms with E-state index in [0.29, 0.717) is 0 Å². The lowest BCUT2D eigenvalue weighted by Crippen LogP contribution is -2.21. The van der Waals surface area contributed by atoms with Gasteiger partial charge in [-0.25, -0.2) is 4.79 Å². The summed E-state index contributed by atoms with van der Waals surface area (Å²) < 4.78 is 44.6. The fourth-order valence-corrected chi connectivity index (χ4v) is 2.73. The summed E-state index contributed by atoms with van der Waals surface area (Å²) in [7, 11) is -4.08. The van der Waals surface area contributed by atoms with Gasteiger partial charge in [-0.15, -0.1) is 0 Å². The van der Waals surface area contributed by atoms with Gasteiger partial charge in [-0.2, -0.15) is 8.42 Å². The van der Waals surface area contributed by atoms with Gasteiger partial charge in [0.2, 0.25) is 0 Å². The molecule has 0 unspecified atom stereocenters. The predicted octanol–water partition coefficient (Wildman–Crippen LogP) is 1.60. The van der Waals surface area contributed by atoms with Crippen LogP contribution in [0.1, 0.15) is 44.9 Å². The Labute approximate surface area is 141 Å². The summed E-state index contributed by atoms with van der Waals surface area (Å²) >= 11 is 0. The molecule has 0 heterocycles. The van der Waals surface area contributed by atoms with E-state index in [1.54, 1.807) is 0 Å². The number of esters is 2. The average molecular weight is 364 g/mol. The molecule has 138 valence electrons. The molecule has 0 radical (unpaired) electrons. The Morgan fingerprint density at radius 3 is 2.42 bits per heavy atom. The minimum atomic E-state index is -4.08. The zero-order chi connectivity index (χ0) is 18.0. The van der Waals surface area contributed by atoms with Gasteiger partial charge >= 0.3 is 11.9 Å². The molecule has 1 aliphatic carbocycles. The lowest BCUT2D eigenvalue weighted by molar-refractivity contribution is -0.159. The van der Waals surface area contributed by atoms with Gasteiger partial charge in [0.25, 0.3) is 10.1 Å². The van der Waals surface area contributed by atoms with Crippen molar-refractivity contribution in [2.45, 2.75) is 51.0 Å². The van der Waals surface area contributed by atoms with Crippen LogP contribution in [0.25, 0.3) is 0 Å². The topological polar surface area (TPSA) is 116 Å². The van der Waals surface area contributed by atoms with Crippen LogP contribution >= 0.6 is 0 Å². The Kier molecular flexibility index (Phi) is 8.94. The second-order valence-corrected chi connectivity index (χ2v) is 7.19. The lowest BCUT2D eigenvalue weighted by Gasteiger charge is -2.21. The molecule has 0 aromatic heterocycles. The van der Waals surface area contributed by atoms with Crippen LogP contribution in [-0.4, -0.2) is 50.2 Å². The van der Waals surface area contributed by atoms with E-state index in [4.69, 9.17) is 18.8 Å². The summed E-state index contributed by atoms with van der Waals surface area (Å²) in [5.41, 5.74) is -0.0676. The molecule has 24 heavy (non-hydrogen) atoms. The number of carbonyl (C=O) groups is 2. The van der Waals surface area contributed by atoms with E-state index in [-0.39, 0.29) is 37.9 Å². The third-order valence-electron chi connectivity index (χ3n) is 3.50. The van der Waals surface area contributed by atoms with Crippen LogP contribution in [0, 0.1) is 0 Å². The van der Waals surface area contributed by atoms with Crippen molar-refractivity contribution >= 4 is 22.1 Å². The Morgan fingerprint density at radius 2 is 1.79 bits per heavy atom. The van der Waals surface area contributed by atoms with Gasteiger partial charge in [0, 0.05) is 5.57 Å². The van der Waals surface area contributed by atoms with Crippen LogP contribution in [0.5, 0.6) is 0 Å². The van der Waals surface area contributed by atoms with Crippen molar-refractivity contribution in [3.8, 4) is 0 Å². The Morgan fingerprint density at radius 1 is 1.12 bits per heavy atom. The number of ether oxygens (including phenoxy) is 3. The first-order valence-electron chi connectivity index (χ1n) is 7.85. The van der Waals surface area contributed by atoms with E-state index in [9.17, 15) is 18.0 Å². The first kappa shape index (κ1) is 20.6. The molecular formula is C15H24O8S. The third-order valence-corrected chi connectivity index (χ3v) is 4.31. The van der Waals surface area contributed by atoms with Gasteiger partial charge in [0.15, 0.2) is 6.79 Å². The molecule has 8 nitrogen and oxygen atoms in total. The Bertz CT molecular complexity index is 534. The molecule has 0 aromatic rings. The number of hydrogen-bond acceptors (Lipinski definition) is 7. The van der Waals surface area contributed by atoms with E-state index in [1.165, 1.54) is 6.42 Å². The van der Waals surface area contributed by atoms with E-state index in [0.717, 1.165) is 25.7 Å². The smallest absolute Gasteiger partial charge is 0.336 e. The van der Waals surface area contributed by atoms with Crippen LogP contribution in [-0.2, 0) is 33.9 Å². The maximum Gasteiger partial charge on any atom is 0.336 e. The summed E-state index contributed by atoms with van der Waals surface area (Å²) in [5, 5.41) is 0. The van der Waals surface area contributed by atoms with Crippen LogP contribution in [0.2, 0.25) is 0 Å². The fourth-order valence-electron chi connectivity index (χ4n) is 2.24. The van der Waals surface area contributed by atoms with Crippen LogP contribution in [0.3, 0.4) is 0 Å². The molecule has 0 atom stereocenters. The summed E-state index contributed by atoms with van der Waals surface area (Å²) in [4.78, 5) is 23.1. The molecule has 1 aliphatic rings. The van der Waals surface area contributed by atoms with Gasteiger partial charge in [-0.1, -0.05) is 25.8 Å². The van der Waals surface area contributed by atoms with Crippen molar-refractivity contribution in [1.82, 2.24) is 0 Å². The van der Waals surface area contributed by atoms with E-state index in [1.807, 2.05) is 0 Å². The number of hydrogen-bond donors (Lipinski definition) is 1. The fraction of sp³-hybridized carbons (Fsp3) is 0.733. The molecule has 0 aromatic carbocycles. The predicted molar refractivity (Wildman–Crippen MR) is 84.7 cm³/mol. The van der Waals surface area contributed by atoms with Gasteiger partial charge in [0.1, 0.15) is 0 Å². The molecule has 1 N–H and O–H groups in total. The van der Waals surface area contributed by atoms with Crippen LogP contribution < -0.4 is 0 Å². The van der Waals surface area contributed by atoms with Crippen LogP contribution in [0.4, 0.5) is 0 Å². The first-order chi connectivity index (χ1) is 11.3. The first-order valence-corrected chi connectivity index (χ1v) is 9.46. The second-order valence-electron chi connectivity index (χ2n) is 5.62. The van der Waals surface area contributed by atoms with Crippen LogP contribution in [0.15, 0.2) is 12.2 Å². The van der Waals surface area contributed by atoms with Crippen molar-refractivity contribution in [2.75, 3.05) is 19.2 Å². The maximum absolute atomic E-state index is 11.7. The lowest BCUT2D eigenvalue weighted by atomic mass is 9.98. The molecule has 1 fully saturated rings. The zero-order valence-electron chi connectivity index (χ0n) is 13.6. The van der Waals surface area contributed by atoms with Crippen molar-refractivity contribution in [2.24, 2.45) is 0 Å². The number of rotatable bonds is 10. The number of carbonyl (C=O) groups excluding carboxylic acids is 2. The van der Waals surface area contributed by atoms with Crippen molar-refractivity contribution in [3.63, 3.8) is 0 Å².